The molecule has 2 radical (unpaired) electrons. The van der Waals surface area contributed by atoms with Gasteiger partial charge < -0.3 is 24.9 Å². The van der Waals surface area contributed by atoms with Crippen LogP contribution in [0.1, 0.15) is 6.92 Å². The molecule has 0 aliphatic heterocycles. The first-order chi connectivity index (χ1) is 3.46. The number of carbonyl (C=O) groups excluding carboxylic acids is 2. The Morgan fingerprint density at radius 1 is 1.00 bits per heavy atom. The minimum atomic E-state index is -2.33. The first-order valence-electron chi connectivity index (χ1n) is 1.52. The molecule has 0 unspecified atom stereocenters. The summed E-state index contributed by atoms with van der Waals surface area (Å²) in [6.07, 6.45) is -2.33. The summed E-state index contributed by atoms with van der Waals surface area (Å²) in [6.45, 7) is 0.972. The Hall–Kier alpha value is -0.221. The van der Waals surface area contributed by atoms with Gasteiger partial charge in [-0.2, -0.15) is 0 Å². The third-order valence-electron chi connectivity index (χ3n) is 0. The molecule has 0 amide bonds. The molecule has 0 saturated carbocycles. The molecule has 0 heterocycles. The average molecular weight is 246 g/mol. The predicted molar refractivity (Wildman–Crippen MR) is 16.1 cm³/mol. The van der Waals surface area contributed by atoms with Crippen LogP contribution in [0.25, 0.3) is 0 Å². The van der Waals surface area contributed by atoms with E-state index in [1.54, 1.807) is 0 Å². The van der Waals surface area contributed by atoms with Crippen molar-refractivity contribution in [2.75, 3.05) is 0 Å². The number of carboxylic acid groups (broad SMARTS) is 3. The van der Waals surface area contributed by atoms with Crippen LogP contribution in [-0.2, 0) is 38.9 Å². The Morgan fingerprint density at radius 2 is 1.00 bits per heavy atom. The van der Waals surface area contributed by atoms with E-state index >= 15 is 0 Å². The first kappa shape index (κ1) is 22.6. The maximum Gasteiger partial charge on any atom is 2.00 e. The summed E-state index contributed by atoms with van der Waals surface area (Å²) in [5.74, 6) is -1.08. The summed E-state index contributed by atoms with van der Waals surface area (Å²) in [4.78, 5) is 17.2. The Bertz CT molecular complexity index is 72.9. The molecular formula is C3H3Cu2O5+. The van der Waals surface area contributed by atoms with Crippen LogP contribution in [0.5, 0.6) is 0 Å². The molecule has 66 valence electrons. The maximum absolute atomic E-state index is 8.89. The quantitative estimate of drug-likeness (QED) is 0.409. The van der Waals surface area contributed by atoms with Crippen molar-refractivity contribution in [2.45, 2.75) is 6.92 Å². The van der Waals surface area contributed by atoms with Crippen LogP contribution in [0.15, 0.2) is 0 Å². The van der Waals surface area contributed by atoms with E-state index in [2.05, 4.69) is 0 Å². The molecule has 0 bridgehead atoms. The summed E-state index contributed by atoms with van der Waals surface area (Å²) < 4.78 is 0. The molecule has 0 rings (SSSR count). The molecular weight excluding hydrogens is 243 g/mol. The van der Waals surface area contributed by atoms with Crippen molar-refractivity contribution < 1.29 is 59.0 Å². The van der Waals surface area contributed by atoms with Crippen LogP contribution in [-0.4, -0.2) is 12.1 Å². The van der Waals surface area contributed by atoms with Crippen molar-refractivity contribution in [3.8, 4) is 0 Å². The largest absolute Gasteiger partial charge is 2.00 e. The minimum Gasteiger partial charge on any atom is -0.652 e. The molecule has 0 fully saturated rings. The van der Waals surface area contributed by atoms with Gasteiger partial charge in [0.25, 0.3) is 0 Å². The Kier molecular flexibility index (Phi) is 35.9. The normalized spacial score (nSPS) is 4.90. The van der Waals surface area contributed by atoms with Crippen LogP contribution < -0.4 is 15.3 Å². The molecule has 0 aromatic carbocycles. The molecule has 0 atom stereocenters. The Balaban J connectivity index is -0.0000000300. The third kappa shape index (κ3) is 7320. The number of hydrogen-bond acceptors (Lipinski definition) is 5. The van der Waals surface area contributed by atoms with Crippen LogP contribution in [0.3, 0.4) is 0 Å². The van der Waals surface area contributed by atoms with Gasteiger partial charge >= 0.3 is 34.1 Å². The number of aliphatic carboxylic acids is 1. The van der Waals surface area contributed by atoms with E-state index < -0.39 is 12.1 Å². The first-order valence-corrected chi connectivity index (χ1v) is 1.52. The minimum absolute atomic E-state index is 0. The number of carboxylic acids is 1. The SMILES string of the molecule is CC(=O)[O-].O=C([O-])[O-].[Cu+2].[Cu+2]. The fourth-order valence-electron chi connectivity index (χ4n) is 0. The van der Waals surface area contributed by atoms with Crippen molar-refractivity contribution in [3.05, 3.63) is 0 Å². The second-order valence-corrected chi connectivity index (χ2v) is 0.742. The topological polar surface area (TPSA) is 103 Å². The molecule has 0 N–H and O–H groups in total. The zero-order chi connectivity index (χ0) is 7.15. The van der Waals surface area contributed by atoms with Gasteiger partial charge in [0.05, 0.1) is 0 Å². The third-order valence-corrected chi connectivity index (χ3v) is 0. The second-order valence-electron chi connectivity index (χ2n) is 0.742. The van der Waals surface area contributed by atoms with Crippen LogP contribution in [0, 0.1) is 0 Å². The summed E-state index contributed by atoms with van der Waals surface area (Å²) in [5.41, 5.74) is 0. The smallest absolute Gasteiger partial charge is 0.652 e. The molecule has 0 aromatic heterocycles. The average Bonchev–Trinajstić information content (AvgIpc) is 1.25. The zero-order valence-electron chi connectivity index (χ0n) is 4.64. The van der Waals surface area contributed by atoms with Gasteiger partial charge in [-0.15, -0.1) is 0 Å². The van der Waals surface area contributed by atoms with E-state index in [1.165, 1.54) is 0 Å². The van der Waals surface area contributed by atoms with E-state index in [0.717, 1.165) is 6.92 Å². The molecule has 0 aliphatic carbocycles. The van der Waals surface area contributed by atoms with Crippen LogP contribution >= 0.6 is 0 Å². The fourth-order valence-corrected chi connectivity index (χ4v) is 0. The monoisotopic (exact) mass is 245 g/mol. The number of hydrogen-bond donors (Lipinski definition) is 0. The standard InChI is InChI=1S/C2H4O2.CH2O3.2Cu/c1-2(3)4;2-1(3)4;;/h1H3,(H,3,4);(H2,2,3,4);;/q;;2*+2/p-3. The summed E-state index contributed by atoms with van der Waals surface area (Å²) >= 11 is 0. The molecule has 5 nitrogen and oxygen atoms in total. The van der Waals surface area contributed by atoms with Gasteiger partial charge in [-0.25, -0.2) is 0 Å². The van der Waals surface area contributed by atoms with Crippen molar-refractivity contribution in [1.82, 2.24) is 0 Å². The molecule has 0 spiro atoms. The summed E-state index contributed by atoms with van der Waals surface area (Å²) in [7, 11) is 0. The fraction of sp³-hybridized carbons (Fsp3) is 0.333. The van der Waals surface area contributed by atoms with Crippen molar-refractivity contribution >= 4 is 12.1 Å². The van der Waals surface area contributed by atoms with E-state index in [1.807, 2.05) is 0 Å². The van der Waals surface area contributed by atoms with Crippen molar-refractivity contribution in [1.29, 1.82) is 0 Å². The molecule has 0 aliphatic rings. The zero-order valence-corrected chi connectivity index (χ0v) is 6.53. The Morgan fingerprint density at radius 3 is 1.00 bits per heavy atom. The molecule has 0 saturated heterocycles. The van der Waals surface area contributed by atoms with Gasteiger partial charge in [-0.05, 0) is 13.1 Å². The Labute approximate surface area is 78.4 Å². The molecule has 0 aromatic rings. The molecule has 10 heavy (non-hydrogen) atoms. The van der Waals surface area contributed by atoms with E-state index in [4.69, 9.17) is 24.9 Å². The van der Waals surface area contributed by atoms with Gasteiger partial charge in [0.1, 0.15) is 0 Å². The molecule has 7 heteroatoms. The summed E-state index contributed by atoms with van der Waals surface area (Å²) in [5, 5.41) is 25.6. The van der Waals surface area contributed by atoms with Gasteiger partial charge in [-0.3, -0.25) is 0 Å². The van der Waals surface area contributed by atoms with Crippen molar-refractivity contribution in [3.63, 3.8) is 0 Å². The van der Waals surface area contributed by atoms with Gasteiger partial charge in [-0.1, -0.05) is 0 Å². The number of carbonyl (C=O) groups is 2. The van der Waals surface area contributed by atoms with Gasteiger partial charge in [0.2, 0.25) is 0 Å². The van der Waals surface area contributed by atoms with Crippen LogP contribution in [0.4, 0.5) is 4.79 Å². The predicted octanol–water partition coefficient (Wildman–Crippen LogP) is -3.70. The van der Waals surface area contributed by atoms with E-state index in [9.17, 15) is 0 Å². The van der Waals surface area contributed by atoms with Gasteiger partial charge in [0.15, 0.2) is 0 Å². The van der Waals surface area contributed by atoms with Gasteiger partial charge in [0, 0.05) is 5.97 Å². The maximum atomic E-state index is 8.89. The van der Waals surface area contributed by atoms with E-state index in [0.29, 0.717) is 0 Å². The van der Waals surface area contributed by atoms with Crippen molar-refractivity contribution in [2.24, 2.45) is 0 Å². The summed E-state index contributed by atoms with van der Waals surface area (Å²) in [6, 6.07) is 0. The van der Waals surface area contributed by atoms with E-state index in [-0.39, 0.29) is 34.1 Å². The second kappa shape index (κ2) is 15.9. The van der Waals surface area contributed by atoms with Crippen LogP contribution in [0.2, 0.25) is 0 Å². The number of rotatable bonds is 0.